The van der Waals surface area contributed by atoms with E-state index in [1.807, 2.05) is 0 Å². The Hall–Kier alpha value is -5.34. The molecule has 2 aromatic carbocycles. The molecule has 3 N–H and O–H groups in total. The molecule has 4 heterocycles. The summed E-state index contributed by atoms with van der Waals surface area (Å²) in [4.78, 5) is 58.0. The number of rotatable bonds is 16. The maximum Gasteiger partial charge on any atom is 0.416 e. The summed E-state index contributed by atoms with van der Waals surface area (Å²) in [5, 5.41) is 37.2. The summed E-state index contributed by atoms with van der Waals surface area (Å²) in [6.07, 6.45) is 1.11. The molecule has 1 saturated carbocycles. The van der Waals surface area contributed by atoms with E-state index >= 15 is 0 Å². The third-order valence-electron chi connectivity index (χ3n) is 11.1. The molecular weight excluding hydrogens is 831 g/mol. The molecule has 1 aliphatic carbocycles. The van der Waals surface area contributed by atoms with Crippen LogP contribution in [0.3, 0.4) is 0 Å². The van der Waals surface area contributed by atoms with Gasteiger partial charge in [-0.05, 0) is 67.5 Å². The first kappa shape index (κ1) is 43.7. The summed E-state index contributed by atoms with van der Waals surface area (Å²) in [5.41, 5.74) is 2.89. The molecule has 5 atom stereocenters. The minimum atomic E-state index is -1.38. The van der Waals surface area contributed by atoms with Crippen LogP contribution >= 0.6 is 21.6 Å². The lowest BCUT2D eigenvalue weighted by Crippen LogP contribution is -2.45. The van der Waals surface area contributed by atoms with Crippen molar-refractivity contribution in [3.8, 4) is 23.0 Å². The fourth-order valence-corrected chi connectivity index (χ4v) is 9.76. The number of aliphatic hydroxyl groups is 2. The molecule has 19 heteroatoms. The maximum absolute atomic E-state index is 14.0. The standard InChI is InChI=1S/C42H47N5O12S2/c1-23-14-26-27(15-23)41(51)46(42(52)59-12-13-60-61-37-9-8-25(21-43-37)47(53)54)31-20-36(34(56-4)18-29(31)38(26)48)58-11-7-5-6-10-57-35-19-30-28(17-33(35)55-3)40(50)45-22-24(2)16-32(45)39(49)44-30/h8-9,17-21,26-27,32,40-41,50-51H,1-2,5-7,10-16,22H2,3-4H3,(H,44,49)/t26?,27-,32+,40?,41+/m1/s1. The first-order chi connectivity index (χ1) is 29.4. The van der Waals surface area contributed by atoms with Crippen LogP contribution < -0.4 is 29.2 Å². The van der Waals surface area contributed by atoms with Crippen molar-refractivity contribution >= 4 is 56.4 Å². The van der Waals surface area contributed by atoms with Crippen LogP contribution in [0.4, 0.5) is 21.9 Å². The van der Waals surface area contributed by atoms with Crippen molar-refractivity contribution in [3.05, 3.63) is 88.1 Å². The number of unbranched alkanes of at least 4 members (excludes halogenated alkanes) is 2. The van der Waals surface area contributed by atoms with Gasteiger partial charge in [0.1, 0.15) is 30.3 Å². The number of ketones is 1. The Labute approximate surface area is 359 Å². The lowest BCUT2D eigenvalue weighted by Gasteiger charge is -2.31. The molecule has 2 amide bonds. The summed E-state index contributed by atoms with van der Waals surface area (Å²) in [6, 6.07) is 8.80. The van der Waals surface area contributed by atoms with Gasteiger partial charge in [-0.25, -0.2) is 9.78 Å². The molecule has 3 aromatic rings. The van der Waals surface area contributed by atoms with Crippen molar-refractivity contribution < 1.29 is 53.2 Å². The fraction of sp³-hybridized carbons (Fsp3) is 0.429. The average Bonchev–Trinajstić information content (AvgIpc) is 3.81. The Balaban J connectivity index is 0.964. The van der Waals surface area contributed by atoms with E-state index in [1.54, 1.807) is 17.0 Å². The average molecular weight is 878 g/mol. The molecule has 61 heavy (non-hydrogen) atoms. The second kappa shape index (κ2) is 19.1. The number of nitro groups is 1. The highest BCUT2D eigenvalue weighted by molar-refractivity contribution is 8.76. The third-order valence-corrected chi connectivity index (χ3v) is 13.3. The van der Waals surface area contributed by atoms with Gasteiger partial charge in [0.15, 0.2) is 28.8 Å². The van der Waals surface area contributed by atoms with Crippen molar-refractivity contribution in [2.75, 3.05) is 56.6 Å². The quantitative estimate of drug-likeness (QED) is 0.0450. The number of allylic oxidation sites excluding steroid dienone is 1. The Morgan fingerprint density at radius 3 is 2.36 bits per heavy atom. The van der Waals surface area contributed by atoms with Crippen molar-refractivity contribution in [3.63, 3.8) is 0 Å². The number of fused-ring (bicyclic) bond motifs is 4. The Kier molecular flexibility index (Phi) is 13.7. The predicted molar refractivity (Wildman–Crippen MR) is 227 cm³/mol. The molecule has 2 unspecified atom stereocenters. The number of ether oxygens (including phenoxy) is 5. The van der Waals surface area contributed by atoms with Crippen LogP contribution in [0.2, 0.25) is 0 Å². The summed E-state index contributed by atoms with van der Waals surface area (Å²) < 4.78 is 29.1. The second-order valence-corrected chi connectivity index (χ2v) is 17.5. The number of anilines is 2. The summed E-state index contributed by atoms with van der Waals surface area (Å²) in [5.74, 6) is 0.122. The monoisotopic (exact) mass is 877 g/mol. The van der Waals surface area contributed by atoms with Crippen molar-refractivity contribution in [1.29, 1.82) is 0 Å². The van der Waals surface area contributed by atoms with Gasteiger partial charge in [0.05, 0.1) is 49.8 Å². The number of aliphatic hydroxyl groups excluding tert-OH is 2. The van der Waals surface area contributed by atoms with E-state index < -0.39 is 41.4 Å². The van der Waals surface area contributed by atoms with E-state index in [2.05, 4.69) is 23.5 Å². The molecule has 1 saturated heterocycles. The van der Waals surface area contributed by atoms with Gasteiger partial charge in [-0.1, -0.05) is 35.1 Å². The van der Waals surface area contributed by atoms with Crippen LogP contribution in [-0.4, -0.2) is 101 Å². The third kappa shape index (κ3) is 9.45. The van der Waals surface area contributed by atoms with E-state index in [0.717, 1.165) is 16.0 Å². The number of hydrogen-bond donors (Lipinski definition) is 3. The number of aromatic nitrogens is 1. The van der Waals surface area contributed by atoms with E-state index in [4.69, 9.17) is 23.7 Å². The minimum absolute atomic E-state index is 0.0328. The summed E-state index contributed by atoms with van der Waals surface area (Å²) in [6.45, 7) is 9.02. The summed E-state index contributed by atoms with van der Waals surface area (Å²) in [7, 11) is 5.57. The smallest absolute Gasteiger partial charge is 0.416 e. The minimum Gasteiger partial charge on any atom is -0.493 e. The highest BCUT2D eigenvalue weighted by Crippen LogP contribution is 2.48. The highest BCUT2D eigenvalue weighted by Gasteiger charge is 2.48. The Morgan fingerprint density at radius 2 is 1.67 bits per heavy atom. The maximum atomic E-state index is 14.0. The molecule has 2 fully saturated rings. The van der Waals surface area contributed by atoms with Gasteiger partial charge < -0.3 is 39.2 Å². The number of pyridine rings is 1. The topological polar surface area (TPSA) is 212 Å². The number of methoxy groups -OCH3 is 2. The van der Waals surface area contributed by atoms with Crippen molar-refractivity contribution in [2.45, 2.75) is 62.0 Å². The number of nitrogens with one attached hydrogen (secondary N) is 1. The number of amides is 2. The van der Waals surface area contributed by atoms with Crippen LogP contribution in [0.15, 0.2) is 71.9 Å². The van der Waals surface area contributed by atoms with Gasteiger partial charge >= 0.3 is 6.09 Å². The molecule has 324 valence electrons. The zero-order valence-electron chi connectivity index (χ0n) is 33.7. The van der Waals surface area contributed by atoms with Gasteiger partial charge in [0.2, 0.25) is 5.91 Å². The number of carbonyl (C=O) groups excluding carboxylic acids is 3. The molecule has 4 aliphatic rings. The highest BCUT2D eigenvalue weighted by atomic mass is 33.1. The van der Waals surface area contributed by atoms with Crippen LogP contribution in [0.25, 0.3) is 0 Å². The summed E-state index contributed by atoms with van der Waals surface area (Å²) >= 11 is 0. The molecule has 3 aliphatic heterocycles. The first-order valence-corrected chi connectivity index (χ1v) is 22.1. The number of Topliss-reactive ketones (excluding diaryl/α,β-unsaturated/α-hetero) is 1. The zero-order chi connectivity index (χ0) is 43.4. The lowest BCUT2D eigenvalue weighted by atomic mass is 9.88. The predicted octanol–water partition coefficient (Wildman–Crippen LogP) is 6.69. The van der Waals surface area contributed by atoms with Gasteiger partial charge in [-0.2, -0.15) is 0 Å². The van der Waals surface area contributed by atoms with Crippen LogP contribution in [0.5, 0.6) is 23.0 Å². The SMILES string of the molecule is C=C1CC2C(=O)c3cc(OC)c(OCCCCCOc4cc5c(cc4OC)C(O)N4CC(=C)C[C@H]4C(=O)N5)cc3N(C(=O)OCCSSc3ccc([N+](=O)[O-])cn3)[C@@H](O)[C@@H]2C1. The van der Waals surface area contributed by atoms with Crippen LogP contribution in [0.1, 0.15) is 60.7 Å². The number of carbonyl (C=O) groups is 3. The van der Waals surface area contributed by atoms with E-state index in [0.29, 0.717) is 91.0 Å². The Bertz CT molecular complexity index is 2210. The van der Waals surface area contributed by atoms with Crippen LogP contribution in [0, 0.1) is 22.0 Å². The lowest BCUT2D eigenvalue weighted by molar-refractivity contribution is -0.385. The fourth-order valence-electron chi connectivity index (χ4n) is 8.08. The van der Waals surface area contributed by atoms with Gasteiger partial charge in [0, 0.05) is 53.5 Å². The first-order valence-electron chi connectivity index (χ1n) is 19.7. The van der Waals surface area contributed by atoms with Crippen molar-refractivity contribution in [2.24, 2.45) is 11.8 Å². The molecule has 0 spiro atoms. The number of benzene rings is 2. The van der Waals surface area contributed by atoms with E-state index in [9.17, 15) is 34.7 Å². The molecule has 0 bridgehead atoms. The molecule has 17 nitrogen and oxygen atoms in total. The zero-order valence-corrected chi connectivity index (χ0v) is 35.3. The van der Waals surface area contributed by atoms with Gasteiger partial charge in [-0.3, -0.25) is 29.5 Å². The normalized spacial score (nSPS) is 22.0. The molecular formula is C42H47N5O12S2. The number of hydrogen-bond acceptors (Lipinski definition) is 16. The van der Waals surface area contributed by atoms with Gasteiger partial charge in [0.25, 0.3) is 5.69 Å². The Morgan fingerprint density at radius 1 is 0.951 bits per heavy atom. The number of nitrogens with zero attached hydrogens (tertiary/aromatic N) is 4. The largest absolute Gasteiger partial charge is 0.493 e. The second-order valence-electron chi connectivity index (χ2n) is 15.1. The molecule has 7 rings (SSSR count). The van der Waals surface area contributed by atoms with Gasteiger partial charge in [-0.15, -0.1) is 0 Å². The van der Waals surface area contributed by atoms with Crippen LogP contribution in [-0.2, 0) is 9.53 Å². The molecule has 1 aromatic heterocycles. The van der Waals surface area contributed by atoms with E-state index in [1.165, 1.54) is 66.3 Å². The van der Waals surface area contributed by atoms with E-state index in [-0.39, 0.29) is 47.6 Å². The molecule has 0 radical (unpaired) electrons. The van der Waals surface area contributed by atoms with Crippen molar-refractivity contribution in [1.82, 2.24) is 9.88 Å².